The Hall–Kier alpha value is -2.14. The molecule has 0 bridgehead atoms. The maximum atomic E-state index is 12.0. The lowest BCUT2D eigenvalue weighted by atomic mass is 10.1. The van der Waals surface area contributed by atoms with Gasteiger partial charge in [-0.2, -0.15) is 0 Å². The van der Waals surface area contributed by atoms with E-state index in [0.717, 1.165) is 10.0 Å². The van der Waals surface area contributed by atoms with E-state index in [9.17, 15) is 9.59 Å². The summed E-state index contributed by atoms with van der Waals surface area (Å²) in [6, 6.07) is 14.0. The molecular weight excluding hydrogens is 320 g/mol. The number of hydrazine groups is 1. The molecule has 2 aromatic rings. The molecule has 5 heteroatoms. The van der Waals surface area contributed by atoms with Crippen molar-refractivity contribution >= 4 is 27.7 Å². The zero-order valence-electron chi connectivity index (χ0n) is 10.8. The summed E-state index contributed by atoms with van der Waals surface area (Å²) in [7, 11) is 0. The molecule has 0 unspecified atom stereocenters. The molecule has 0 fully saturated rings. The van der Waals surface area contributed by atoms with Crippen molar-refractivity contribution in [2.75, 3.05) is 0 Å². The molecule has 2 amide bonds. The van der Waals surface area contributed by atoms with E-state index >= 15 is 0 Å². The van der Waals surface area contributed by atoms with Gasteiger partial charge in [-0.1, -0.05) is 34.1 Å². The fraction of sp³-hybridized carbons (Fsp3) is 0.0667. The van der Waals surface area contributed by atoms with Crippen LogP contribution < -0.4 is 10.9 Å². The first kappa shape index (κ1) is 14.3. The highest BCUT2D eigenvalue weighted by atomic mass is 79.9. The SMILES string of the molecule is Cc1cc(Br)ccc1C(=O)NNC(=O)c1ccccc1. The van der Waals surface area contributed by atoms with Gasteiger partial charge >= 0.3 is 0 Å². The monoisotopic (exact) mass is 332 g/mol. The van der Waals surface area contributed by atoms with Crippen molar-refractivity contribution in [3.05, 3.63) is 69.7 Å². The van der Waals surface area contributed by atoms with E-state index in [4.69, 9.17) is 0 Å². The quantitative estimate of drug-likeness (QED) is 0.831. The van der Waals surface area contributed by atoms with Gasteiger partial charge in [0.05, 0.1) is 0 Å². The zero-order valence-corrected chi connectivity index (χ0v) is 12.4. The Morgan fingerprint density at radius 1 is 0.950 bits per heavy atom. The van der Waals surface area contributed by atoms with Crippen molar-refractivity contribution in [3.63, 3.8) is 0 Å². The van der Waals surface area contributed by atoms with Crippen molar-refractivity contribution in [2.24, 2.45) is 0 Å². The van der Waals surface area contributed by atoms with Crippen molar-refractivity contribution in [3.8, 4) is 0 Å². The first-order valence-electron chi connectivity index (χ1n) is 6.00. The average molecular weight is 333 g/mol. The molecular formula is C15H13BrN2O2. The number of hydrogen-bond acceptors (Lipinski definition) is 2. The van der Waals surface area contributed by atoms with Crippen LogP contribution in [0.3, 0.4) is 0 Å². The molecule has 0 spiro atoms. The second kappa shape index (κ2) is 6.34. The molecule has 0 saturated heterocycles. The molecule has 102 valence electrons. The number of carbonyl (C=O) groups is 2. The van der Waals surface area contributed by atoms with Crippen LogP contribution in [-0.2, 0) is 0 Å². The van der Waals surface area contributed by atoms with Gasteiger partial charge in [-0.3, -0.25) is 20.4 Å². The topological polar surface area (TPSA) is 58.2 Å². The van der Waals surface area contributed by atoms with Gasteiger partial charge in [0.15, 0.2) is 0 Å². The minimum Gasteiger partial charge on any atom is -0.267 e. The highest BCUT2D eigenvalue weighted by molar-refractivity contribution is 9.10. The van der Waals surface area contributed by atoms with Gasteiger partial charge in [-0.15, -0.1) is 0 Å². The molecule has 20 heavy (non-hydrogen) atoms. The number of aryl methyl sites for hydroxylation is 1. The maximum absolute atomic E-state index is 12.0. The summed E-state index contributed by atoms with van der Waals surface area (Å²) in [5.74, 6) is -0.701. The number of hydrogen-bond donors (Lipinski definition) is 2. The summed E-state index contributed by atoms with van der Waals surface area (Å²) in [4.78, 5) is 23.8. The molecule has 4 nitrogen and oxygen atoms in total. The van der Waals surface area contributed by atoms with Crippen LogP contribution >= 0.6 is 15.9 Å². The molecule has 0 aliphatic rings. The van der Waals surface area contributed by atoms with E-state index in [1.54, 1.807) is 36.4 Å². The van der Waals surface area contributed by atoms with E-state index in [-0.39, 0.29) is 11.8 Å². The van der Waals surface area contributed by atoms with Crippen molar-refractivity contribution in [2.45, 2.75) is 6.92 Å². The first-order valence-corrected chi connectivity index (χ1v) is 6.79. The Kier molecular flexibility index (Phi) is 4.53. The van der Waals surface area contributed by atoms with E-state index in [2.05, 4.69) is 26.8 Å². The Labute approximate surface area is 125 Å². The predicted molar refractivity (Wildman–Crippen MR) is 80.3 cm³/mol. The summed E-state index contributed by atoms with van der Waals surface area (Å²) in [6.07, 6.45) is 0. The van der Waals surface area contributed by atoms with Gasteiger partial charge in [0.1, 0.15) is 0 Å². The lowest BCUT2D eigenvalue weighted by Crippen LogP contribution is -2.41. The van der Waals surface area contributed by atoms with E-state index < -0.39 is 0 Å². The standard InChI is InChI=1S/C15H13BrN2O2/c1-10-9-12(16)7-8-13(10)15(20)18-17-14(19)11-5-3-2-4-6-11/h2-9H,1H3,(H,17,19)(H,18,20). The molecule has 2 rings (SSSR count). The largest absolute Gasteiger partial charge is 0.269 e. The second-order valence-electron chi connectivity index (χ2n) is 4.23. The summed E-state index contributed by atoms with van der Waals surface area (Å²) in [5, 5.41) is 0. The number of benzene rings is 2. The van der Waals surface area contributed by atoms with Gasteiger partial charge in [0.2, 0.25) is 0 Å². The van der Waals surface area contributed by atoms with E-state index in [1.807, 2.05) is 19.1 Å². The highest BCUT2D eigenvalue weighted by Crippen LogP contribution is 2.15. The number of halogens is 1. The molecule has 0 atom stereocenters. The van der Waals surface area contributed by atoms with Crippen LogP contribution in [0.5, 0.6) is 0 Å². The minimum atomic E-state index is -0.353. The van der Waals surface area contributed by atoms with Crippen LogP contribution in [0.2, 0.25) is 0 Å². The number of rotatable bonds is 2. The number of nitrogens with one attached hydrogen (secondary N) is 2. The smallest absolute Gasteiger partial charge is 0.267 e. The molecule has 0 aromatic heterocycles. The van der Waals surface area contributed by atoms with E-state index in [1.165, 1.54) is 0 Å². The van der Waals surface area contributed by atoms with Gasteiger partial charge in [-0.25, -0.2) is 0 Å². The first-order chi connectivity index (χ1) is 9.58. The van der Waals surface area contributed by atoms with Crippen molar-refractivity contribution in [1.29, 1.82) is 0 Å². The van der Waals surface area contributed by atoms with Crippen molar-refractivity contribution in [1.82, 2.24) is 10.9 Å². The summed E-state index contributed by atoms with van der Waals surface area (Å²) in [5.41, 5.74) is 6.62. The summed E-state index contributed by atoms with van der Waals surface area (Å²) in [6.45, 7) is 1.83. The zero-order chi connectivity index (χ0) is 14.5. The Balaban J connectivity index is 2.00. The van der Waals surface area contributed by atoms with Crippen LogP contribution in [0.4, 0.5) is 0 Å². The Bertz CT molecular complexity index is 642. The molecule has 0 saturated carbocycles. The normalized spacial score (nSPS) is 9.90. The summed E-state index contributed by atoms with van der Waals surface area (Å²) >= 11 is 3.34. The Morgan fingerprint density at radius 2 is 1.60 bits per heavy atom. The summed E-state index contributed by atoms with van der Waals surface area (Å²) < 4.78 is 0.903. The van der Waals surface area contributed by atoms with Crippen molar-refractivity contribution < 1.29 is 9.59 Å². The van der Waals surface area contributed by atoms with Gasteiger partial charge < -0.3 is 0 Å². The molecule has 2 N–H and O–H groups in total. The number of amides is 2. The van der Waals surface area contributed by atoms with E-state index in [0.29, 0.717) is 11.1 Å². The lowest BCUT2D eigenvalue weighted by Gasteiger charge is -2.09. The molecule has 0 aliphatic heterocycles. The highest BCUT2D eigenvalue weighted by Gasteiger charge is 2.10. The Morgan fingerprint density at radius 3 is 2.25 bits per heavy atom. The maximum Gasteiger partial charge on any atom is 0.269 e. The van der Waals surface area contributed by atoms with Gasteiger partial charge in [-0.05, 0) is 42.8 Å². The minimum absolute atomic E-state index is 0.348. The average Bonchev–Trinajstić information content (AvgIpc) is 2.45. The molecule has 0 heterocycles. The fourth-order valence-corrected chi connectivity index (χ4v) is 2.20. The lowest BCUT2D eigenvalue weighted by molar-refractivity contribution is 0.0846. The van der Waals surface area contributed by atoms with Crippen LogP contribution in [-0.4, -0.2) is 11.8 Å². The molecule has 0 radical (unpaired) electrons. The van der Waals surface area contributed by atoms with Gasteiger partial charge in [0.25, 0.3) is 11.8 Å². The third-order valence-electron chi connectivity index (χ3n) is 2.76. The third-order valence-corrected chi connectivity index (χ3v) is 3.25. The molecule has 0 aliphatic carbocycles. The van der Waals surface area contributed by atoms with Crippen LogP contribution in [0.1, 0.15) is 26.3 Å². The van der Waals surface area contributed by atoms with Crippen LogP contribution in [0, 0.1) is 6.92 Å². The third kappa shape index (κ3) is 3.45. The second-order valence-corrected chi connectivity index (χ2v) is 5.15. The number of carbonyl (C=O) groups excluding carboxylic acids is 2. The van der Waals surface area contributed by atoms with Crippen LogP contribution in [0.25, 0.3) is 0 Å². The molecule has 2 aromatic carbocycles. The van der Waals surface area contributed by atoms with Crippen LogP contribution in [0.15, 0.2) is 53.0 Å². The van der Waals surface area contributed by atoms with Gasteiger partial charge in [0, 0.05) is 15.6 Å². The fourth-order valence-electron chi connectivity index (χ4n) is 1.72. The predicted octanol–water partition coefficient (Wildman–Crippen LogP) is 2.83.